The molecule has 2 aliphatic rings. The van der Waals surface area contributed by atoms with E-state index < -0.39 is 10.0 Å². The summed E-state index contributed by atoms with van der Waals surface area (Å²) in [6.45, 7) is 3.81. The van der Waals surface area contributed by atoms with E-state index in [2.05, 4.69) is 22.3 Å². The summed E-state index contributed by atoms with van der Waals surface area (Å²) in [5.74, 6) is -0.148. The smallest absolute Gasteiger partial charge is 0.251 e. The van der Waals surface area contributed by atoms with E-state index in [1.165, 1.54) is 5.56 Å². The minimum atomic E-state index is -3.49. The zero-order valence-electron chi connectivity index (χ0n) is 17.9. The number of hydrogen-bond donors (Lipinski definition) is 1. The van der Waals surface area contributed by atoms with Gasteiger partial charge in [-0.1, -0.05) is 43.2 Å². The second-order valence-electron chi connectivity index (χ2n) is 8.52. The van der Waals surface area contributed by atoms with Crippen LogP contribution >= 0.6 is 0 Å². The predicted molar refractivity (Wildman–Crippen MR) is 121 cm³/mol. The van der Waals surface area contributed by atoms with E-state index in [0.717, 1.165) is 51.7 Å². The third-order valence-corrected chi connectivity index (χ3v) is 8.09. The second kappa shape index (κ2) is 9.94. The van der Waals surface area contributed by atoms with E-state index in [0.29, 0.717) is 18.7 Å². The molecule has 31 heavy (non-hydrogen) atoms. The Bertz CT molecular complexity index is 969. The topological polar surface area (TPSA) is 69.7 Å². The fraction of sp³-hybridized carbons (Fsp3) is 0.458. The molecule has 1 N–H and O–H groups in total. The Balaban J connectivity index is 1.33. The highest BCUT2D eigenvalue weighted by atomic mass is 32.2. The molecule has 2 saturated heterocycles. The maximum absolute atomic E-state index is 12.9. The quantitative estimate of drug-likeness (QED) is 0.747. The summed E-state index contributed by atoms with van der Waals surface area (Å²) in [6, 6.07) is 16.8. The van der Waals surface area contributed by atoms with Crippen LogP contribution in [0.1, 0.15) is 48.0 Å². The normalized spacial score (nSPS) is 21.0. The van der Waals surface area contributed by atoms with Gasteiger partial charge in [0.2, 0.25) is 10.0 Å². The lowest BCUT2D eigenvalue weighted by Gasteiger charge is -2.20. The van der Waals surface area contributed by atoms with E-state index in [1.54, 1.807) is 28.6 Å². The summed E-state index contributed by atoms with van der Waals surface area (Å²) >= 11 is 0. The van der Waals surface area contributed by atoms with Crippen molar-refractivity contribution in [3.63, 3.8) is 0 Å². The van der Waals surface area contributed by atoms with Crippen molar-refractivity contribution in [3.8, 4) is 0 Å². The molecule has 0 spiro atoms. The predicted octanol–water partition coefficient (Wildman–Crippen LogP) is 3.26. The van der Waals surface area contributed by atoms with Crippen molar-refractivity contribution in [1.29, 1.82) is 0 Å². The van der Waals surface area contributed by atoms with E-state index in [9.17, 15) is 13.2 Å². The summed E-state index contributed by atoms with van der Waals surface area (Å²) in [6.07, 6.45) is 4.88. The lowest BCUT2D eigenvalue weighted by Crippen LogP contribution is -2.37. The Labute approximate surface area is 185 Å². The van der Waals surface area contributed by atoms with Gasteiger partial charge in [0.25, 0.3) is 5.91 Å². The van der Waals surface area contributed by atoms with Crippen molar-refractivity contribution in [1.82, 2.24) is 14.5 Å². The fourth-order valence-electron chi connectivity index (χ4n) is 4.41. The largest absolute Gasteiger partial charge is 0.348 e. The molecule has 4 rings (SSSR count). The van der Waals surface area contributed by atoms with E-state index in [-0.39, 0.29) is 16.8 Å². The molecule has 1 atom stereocenters. The van der Waals surface area contributed by atoms with Crippen molar-refractivity contribution in [2.75, 3.05) is 26.2 Å². The number of hydrogen-bond acceptors (Lipinski definition) is 4. The monoisotopic (exact) mass is 441 g/mol. The summed E-state index contributed by atoms with van der Waals surface area (Å²) in [5.41, 5.74) is 1.77. The molecule has 0 radical (unpaired) electrons. The highest BCUT2D eigenvalue weighted by Crippen LogP contribution is 2.21. The highest BCUT2D eigenvalue weighted by molar-refractivity contribution is 7.89. The highest BCUT2D eigenvalue weighted by Gasteiger charge is 2.26. The minimum absolute atomic E-state index is 0.108. The number of carbonyl (C=O) groups is 1. The Kier molecular flexibility index (Phi) is 7.05. The average molecular weight is 442 g/mol. The summed E-state index contributed by atoms with van der Waals surface area (Å²) in [4.78, 5) is 15.3. The standard InChI is InChI=1S/C24H31N3O3S/c28-24(25-22-14-17-26(19-22)18-20-8-4-3-5-9-20)21-10-12-23(13-11-21)31(29,30)27-15-6-1-2-7-16-27/h3-5,8-13,22H,1-2,6-7,14-19H2,(H,25,28). The first-order chi connectivity index (χ1) is 15.0. The van der Waals surface area contributed by atoms with Gasteiger partial charge in [-0.2, -0.15) is 4.31 Å². The molecule has 7 heteroatoms. The van der Waals surface area contributed by atoms with Crippen molar-refractivity contribution in [2.24, 2.45) is 0 Å². The van der Waals surface area contributed by atoms with Crippen molar-refractivity contribution in [3.05, 3.63) is 65.7 Å². The molecule has 0 bridgehead atoms. The van der Waals surface area contributed by atoms with Gasteiger partial charge in [-0.15, -0.1) is 0 Å². The van der Waals surface area contributed by atoms with Crippen LogP contribution < -0.4 is 5.32 Å². The van der Waals surface area contributed by atoms with Gasteiger partial charge in [-0.25, -0.2) is 8.42 Å². The minimum Gasteiger partial charge on any atom is -0.348 e. The molecule has 2 aromatic carbocycles. The van der Waals surface area contributed by atoms with Gasteiger partial charge in [0.05, 0.1) is 4.90 Å². The van der Waals surface area contributed by atoms with Crippen molar-refractivity contribution in [2.45, 2.75) is 49.6 Å². The molecule has 166 valence electrons. The summed E-state index contributed by atoms with van der Waals surface area (Å²) in [5, 5.41) is 3.10. The van der Waals surface area contributed by atoms with Gasteiger partial charge in [0.1, 0.15) is 0 Å². The van der Waals surface area contributed by atoms with Crippen LogP contribution in [0.25, 0.3) is 0 Å². The van der Waals surface area contributed by atoms with E-state index in [4.69, 9.17) is 0 Å². The zero-order valence-corrected chi connectivity index (χ0v) is 18.7. The first kappa shape index (κ1) is 22.0. The number of amides is 1. The molecule has 1 unspecified atom stereocenters. The van der Waals surface area contributed by atoms with Gasteiger partial charge in [0, 0.05) is 44.3 Å². The first-order valence-electron chi connectivity index (χ1n) is 11.2. The average Bonchev–Trinajstić information content (AvgIpc) is 3.03. The number of nitrogens with zero attached hydrogens (tertiary/aromatic N) is 2. The molecule has 2 fully saturated rings. The molecule has 1 amide bonds. The molecule has 2 heterocycles. The Hall–Kier alpha value is -2.22. The molecule has 0 aromatic heterocycles. The van der Waals surface area contributed by atoms with Crippen LogP contribution in [0, 0.1) is 0 Å². The molecular formula is C24H31N3O3S. The summed E-state index contributed by atoms with van der Waals surface area (Å²) in [7, 11) is -3.49. The number of sulfonamides is 1. The SMILES string of the molecule is O=C(NC1CCN(Cc2ccccc2)C1)c1ccc(S(=O)(=O)N2CCCCCC2)cc1. The van der Waals surface area contributed by atoms with Crippen LogP contribution in [0.5, 0.6) is 0 Å². The van der Waals surface area contributed by atoms with Crippen LogP contribution in [0.15, 0.2) is 59.5 Å². The molecule has 6 nitrogen and oxygen atoms in total. The third-order valence-electron chi connectivity index (χ3n) is 6.18. The zero-order chi connectivity index (χ0) is 21.7. The molecule has 0 saturated carbocycles. The summed E-state index contributed by atoms with van der Waals surface area (Å²) < 4.78 is 27.4. The number of rotatable bonds is 6. The molecular weight excluding hydrogens is 410 g/mol. The Morgan fingerprint density at radius 1 is 0.903 bits per heavy atom. The first-order valence-corrected chi connectivity index (χ1v) is 12.6. The second-order valence-corrected chi connectivity index (χ2v) is 10.5. The number of benzene rings is 2. The number of carbonyl (C=O) groups excluding carboxylic acids is 1. The van der Waals surface area contributed by atoms with Crippen LogP contribution in [-0.4, -0.2) is 55.8 Å². The van der Waals surface area contributed by atoms with Crippen LogP contribution in [0.3, 0.4) is 0 Å². The van der Waals surface area contributed by atoms with Gasteiger partial charge in [-0.05, 0) is 49.1 Å². The van der Waals surface area contributed by atoms with Crippen LogP contribution in [0.2, 0.25) is 0 Å². The van der Waals surface area contributed by atoms with Crippen LogP contribution in [-0.2, 0) is 16.6 Å². The molecule has 2 aromatic rings. The van der Waals surface area contributed by atoms with Gasteiger partial charge >= 0.3 is 0 Å². The van der Waals surface area contributed by atoms with Crippen molar-refractivity contribution < 1.29 is 13.2 Å². The number of nitrogens with one attached hydrogen (secondary N) is 1. The Morgan fingerprint density at radius 2 is 1.58 bits per heavy atom. The van der Waals surface area contributed by atoms with E-state index in [1.807, 2.05) is 18.2 Å². The Morgan fingerprint density at radius 3 is 2.26 bits per heavy atom. The lowest BCUT2D eigenvalue weighted by molar-refractivity contribution is 0.0937. The molecule has 2 aliphatic heterocycles. The van der Waals surface area contributed by atoms with Gasteiger partial charge in [0.15, 0.2) is 0 Å². The maximum Gasteiger partial charge on any atom is 0.251 e. The van der Waals surface area contributed by atoms with Crippen molar-refractivity contribution >= 4 is 15.9 Å². The van der Waals surface area contributed by atoms with Gasteiger partial charge < -0.3 is 5.32 Å². The maximum atomic E-state index is 12.9. The lowest BCUT2D eigenvalue weighted by atomic mass is 10.2. The third kappa shape index (κ3) is 5.53. The number of likely N-dealkylation sites (tertiary alicyclic amines) is 1. The van der Waals surface area contributed by atoms with Gasteiger partial charge in [-0.3, -0.25) is 9.69 Å². The fourth-order valence-corrected chi connectivity index (χ4v) is 5.93. The van der Waals surface area contributed by atoms with Crippen LogP contribution in [0.4, 0.5) is 0 Å². The van der Waals surface area contributed by atoms with E-state index >= 15 is 0 Å². The molecule has 0 aliphatic carbocycles.